The maximum Gasteiger partial charge on any atom is 0.311 e. The van der Waals surface area contributed by atoms with Gasteiger partial charge >= 0.3 is 5.69 Å². The van der Waals surface area contributed by atoms with Crippen LogP contribution in [0.2, 0.25) is 0 Å². The number of nitrogens with zero attached hydrogens (tertiary/aromatic N) is 1. The van der Waals surface area contributed by atoms with Gasteiger partial charge in [-0.25, -0.2) is 0 Å². The van der Waals surface area contributed by atoms with Crippen LogP contribution in [0.3, 0.4) is 0 Å². The molecule has 2 N–H and O–H groups in total. The van der Waals surface area contributed by atoms with Gasteiger partial charge in [0.1, 0.15) is 0 Å². The lowest BCUT2D eigenvalue weighted by Gasteiger charge is -2.23. The molecule has 1 aromatic rings. The molecule has 1 aliphatic rings. The average molecular weight is 376 g/mol. The minimum atomic E-state index is -0.461. The number of hydrogen-bond donors (Lipinski definition) is 2. The van der Waals surface area contributed by atoms with Crippen LogP contribution < -0.4 is 15.4 Å². The number of amides is 1. The number of hydrogen-bond acceptors (Lipinski definition) is 6. The van der Waals surface area contributed by atoms with E-state index in [1.165, 1.54) is 24.9 Å². The van der Waals surface area contributed by atoms with Crippen molar-refractivity contribution in [3.8, 4) is 5.75 Å². The summed E-state index contributed by atoms with van der Waals surface area (Å²) in [7, 11) is 1.40. The van der Waals surface area contributed by atoms with Crippen LogP contribution in [0.25, 0.3) is 0 Å². The number of carbonyl (C=O) groups is 1. The fourth-order valence-electron chi connectivity index (χ4n) is 2.47. The van der Waals surface area contributed by atoms with Crippen molar-refractivity contribution >= 4 is 35.8 Å². The monoisotopic (exact) mass is 375 g/mol. The third-order valence-corrected chi connectivity index (χ3v) is 4.65. The summed E-state index contributed by atoms with van der Waals surface area (Å²) in [5.41, 5.74) is 0.752. The second-order valence-corrected chi connectivity index (χ2v) is 6.33. The largest absolute Gasteiger partial charge is 0.490 e. The fourth-order valence-corrected chi connectivity index (χ4v) is 3.25. The normalized spacial score (nSPS) is 14.5. The minimum absolute atomic E-state index is 0. The first kappa shape index (κ1) is 20.5. The van der Waals surface area contributed by atoms with Gasteiger partial charge in [0.05, 0.1) is 17.8 Å². The molecule has 1 amide bonds. The highest BCUT2D eigenvalue weighted by Gasteiger charge is 2.17. The summed E-state index contributed by atoms with van der Waals surface area (Å²) < 4.78 is 4.97. The van der Waals surface area contributed by atoms with Crippen LogP contribution in [0.15, 0.2) is 18.2 Å². The number of nitrogens with one attached hydrogen (secondary N) is 2. The van der Waals surface area contributed by atoms with Crippen LogP contribution in [0, 0.1) is 10.1 Å². The SMILES string of the molecule is COc1ccc(CSCC(=O)NC2CCNCC2)cc1[N+](=O)[O-].Cl. The van der Waals surface area contributed by atoms with Gasteiger partial charge in [0.15, 0.2) is 5.75 Å². The maximum absolute atomic E-state index is 11.9. The molecule has 1 heterocycles. The second kappa shape index (κ2) is 10.4. The van der Waals surface area contributed by atoms with Crippen LogP contribution in [0.1, 0.15) is 18.4 Å². The molecule has 0 spiro atoms. The van der Waals surface area contributed by atoms with Crippen molar-refractivity contribution in [1.29, 1.82) is 0 Å². The number of nitro groups is 1. The van der Waals surface area contributed by atoms with E-state index in [4.69, 9.17) is 4.74 Å². The van der Waals surface area contributed by atoms with Gasteiger partial charge in [-0.05, 0) is 37.6 Å². The van der Waals surface area contributed by atoms with E-state index < -0.39 is 4.92 Å². The zero-order valence-corrected chi connectivity index (χ0v) is 15.1. The fraction of sp³-hybridized carbons (Fsp3) is 0.533. The van der Waals surface area contributed by atoms with E-state index in [1.807, 2.05) is 0 Å². The Kier molecular flexibility index (Phi) is 8.88. The highest BCUT2D eigenvalue weighted by molar-refractivity contribution is 7.99. The van der Waals surface area contributed by atoms with Crippen molar-refractivity contribution in [1.82, 2.24) is 10.6 Å². The van der Waals surface area contributed by atoms with Gasteiger partial charge in [-0.2, -0.15) is 0 Å². The molecule has 0 radical (unpaired) electrons. The van der Waals surface area contributed by atoms with E-state index in [0.717, 1.165) is 31.5 Å². The number of piperidine rings is 1. The quantitative estimate of drug-likeness (QED) is 0.560. The Morgan fingerprint density at radius 1 is 1.46 bits per heavy atom. The molecule has 1 saturated heterocycles. The summed E-state index contributed by atoms with van der Waals surface area (Å²) >= 11 is 1.45. The van der Waals surface area contributed by atoms with Gasteiger partial charge in [0, 0.05) is 17.9 Å². The number of rotatable bonds is 7. The first-order chi connectivity index (χ1) is 11.1. The van der Waals surface area contributed by atoms with Crippen molar-refractivity contribution in [3.05, 3.63) is 33.9 Å². The molecule has 0 aliphatic carbocycles. The van der Waals surface area contributed by atoms with E-state index in [-0.39, 0.29) is 35.8 Å². The Labute approximate surface area is 151 Å². The predicted molar refractivity (Wildman–Crippen MR) is 97.1 cm³/mol. The standard InChI is InChI=1S/C15H21N3O4S.ClH/c1-22-14-3-2-11(8-13(14)18(20)21)9-23-10-15(19)17-12-4-6-16-7-5-12;/h2-3,8,12,16H,4-7,9-10H2,1H3,(H,17,19);1H. The average Bonchev–Trinajstić information content (AvgIpc) is 2.55. The molecule has 0 atom stereocenters. The van der Waals surface area contributed by atoms with Crippen LogP contribution in [0.5, 0.6) is 5.75 Å². The van der Waals surface area contributed by atoms with Crippen LogP contribution in [-0.2, 0) is 10.5 Å². The zero-order valence-electron chi connectivity index (χ0n) is 13.4. The molecule has 1 fully saturated rings. The van der Waals surface area contributed by atoms with E-state index in [1.54, 1.807) is 12.1 Å². The number of halogens is 1. The summed E-state index contributed by atoms with van der Waals surface area (Å²) in [4.78, 5) is 22.4. The molecular weight excluding hydrogens is 354 g/mol. The van der Waals surface area contributed by atoms with E-state index >= 15 is 0 Å². The molecule has 24 heavy (non-hydrogen) atoms. The molecule has 0 saturated carbocycles. The molecular formula is C15H22ClN3O4S. The van der Waals surface area contributed by atoms with E-state index in [9.17, 15) is 14.9 Å². The van der Waals surface area contributed by atoms with E-state index in [2.05, 4.69) is 10.6 Å². The van der Waals surface area contributed by atoms with Crippen molar-refractivity contribution in [2.75, 3.05) is 26.0 Å². The Hall–Kier alpha value is -1.51. The second-order valence-electron chi connectivity index (χ2n) is 5.35. The lowest BCUT2D eigenvalue weighted by molar-refractivity contribution is -0.385. The first-order valence-electron chi connectivity index (χ1n) is 7.49. The van der Waals surface area contributed by atoms with Crippen LogP contribution in [0.4, 0.5) is 5.69 Å². The highest BCUT2D eigenvalue weighted by Crippen LogP contribution is 2.28. The number of benzene rings is 1. The summed E-state index contributed by atoms with van der Waals surface area (Å²) in [5, 5.41) is 17.3. The topological polar surface area (TPSA) is 93.5 Å². The van der Waals surface area contributed by atoms with Crippen molar-refractivity contribution in [2.24, 2.45) is 0 Å². The molecule has 9 heteroatoms. The molecule has 2 rings (SSSR count). The molecule has 0 bridgehead atoms. The van der Waals surface area contributed by atoms with Crippen molar-refractivity contribution in [2.45, 2.75) is 24.6 Å². The number of nitro benzene ring substituents is 1. The lowest BCUT2D eigenvalue weighted by Crippen LogP contribution is -2.43. The lowest BCUT2D eigenvalue weighted by atomic mass is 10.1. The molecule has 134 valence electrons. The molecule has 1 aromatic carbocycles. The van der Waals surface area contributed by atoms with Crippen molar-refractivity contribution in [3.63, 3.8) is 0 Å². The predicted octanol–water partition coefficient (Wildman–Crippen LogP) is 2.13. The first-order valence-corrected chi connectivity index (χ1v) is 8.64. The maximum atomic E-state index is 11.9. The van der Waals surface area contributed by atoms with Gasteiger partial charge < -0.3 is 15.4 Å². The van der Waals surface area contributed by atoms with Gasteiger partial charge in [-0.15, -0.1) is 24.2 Å². The minimum Gasteiger partial charge on any atom is -0.490 e. The number of thioether (sulfide) groups is 1. The number of methoxy groups -OCH3 is 1. The van der Waals surface area contributed by atoms with Gasteiger partial charge in [0.2, 0.25) is 5.91 Å². The zero-order chi connectivity index (χ0) is 16.7. The molecule has 7 nitrogen and oxygen atoms in total. The molecule has 0 unspecified atom stereocenters. The number of carbonyl (C=O) groups excluding carboxylic acids is 1. The van der Waals surface area contributed by atoms with Gasteiger partial charge in [0.25, 0.3) is 0 Å². The van der Waals surface area contributed by atoms with Gasteiger partial charge in [-0.1, -0.05) is 6.07 Å². The highest BCUT2D eigenvalue weighted by atomic mass is 35.5. The van der Waals surface area contributed by atoms with Crippen molar-refractivity contribution < 1.29 is 14.5 Å². The third kappa shape index (κ3) is 6.18. The summed E-state index contributed by atoms with van der Waals surface area (Å²) in [6.45, 7) is 1.88. The molecule has 1 aliphatic heterocycles. The van der Waals surface area contributed by atoms with Crippen LogP contribution in [-0.4, -0.2) is 42.8 Å². The Morgan fingerprint density at radius 3 is 2.79 bits per heavy atom. The number of ether oxygens (including phenoxy) is 1. The smallest absolute Gasteiger partial charge is 0.311 e. The summed E-state index contributed by atoms with van der Waals surface area (Å²) in [6, 6.07) is 5.12. The molecule has 0 aromatic heterocycles. The van der Waals surface area contributed by atoms with E-state index in [0.29, 0.717) is 11.5 Å². The Balaban J connectivity index is 0.00000288. The van der Waals surface area contributed by atoms with Crippen LogP contribution >= 0.6 is 24.2 Å². The Morgan fingerprint density at radius 2 is 2.17 bits per heavy atom. The summed E-state index contributed by atoms with van der Waals surface area (Å²) in [5.74, 6) is 1.16. The third-order valence-electron chi connectivity index (χ3n) is 3.65. The Bertz CT molecular complexity index is 568. The van der Waals surface area contributed by atoms with Gasteiger partial charge in [-0.3, -0.25) is 14.9 Å². The summed E-state index contributed by atoms with van der Waals surface area (Å²) in [6.07, 6.45) is 1.92.